The molecule has 1 aliphatic carbocycles. The summed E-state index contributed by atoms with van der Waals surface area (Å²) in [6.07, 6.45) is 3.57. The van der Waals surface area contributed by atoms with Crippen molar-refractivity contribution in [3.05, 3.63) is 40.5 Å². The molecule has 1 aromatic rings. The number of ether oxygens (including phenoxy) is 1. The summed E-state index contributed by atoms with van der Waals surface area (Å²) in [5.74, 6) is 0.619. The third kappa shape index (κ3) is 5.69. The molecule has 1 aliphatic heterocycles. The molecule has 0 aromatic heterocycles. The first-order valence-electron chi connectivity index (χ1n) is 11.6. The number of hydrogen-bond donors (Lipinski definition) is 1. The Morgan fingerprint density at radius 2 is 1.97 bits per heavy atom. The fraction of sp³-hybridized carbons (Fsp3) is 0.615. The van der Waals surface area contributed by atoms with Crippen molar-refractivity contribution in [2.75, 3.05) is 13.1 Å². The Labute approximate surface area is 187 Å². The van der Waals surface area contributed by atoms with Crippen LogP contribution in [0, 0.1) is 12.8 Å². The first-order valence-corrected chi connectivity index (χ1v) is 11.6. The molecule has 1 heterocycles. The molecule has 5 nitrogen and oxygen atoms in total. The average Bonchev–Trinajstić information content (AvgIpc) is 3.02. The lowest BCUT2D eigenvalue weighted by Gasteiger charge is -2.40. The summed E-state index contributed by atoms with van der Waals surface area (Å²) < 4.78 is 5.24. The van der Waals surface area contributed by atoms with Crippen molar-refractivity contribution < 1.29 is 14.3 Å². The van der Waals surface area contributed by atoms with Crippen LogP contribution in [0.2, 0.25) is 0 Å². The van der Waals surface area contributed by atoms with Gasteiger partial charge in [0.05, 0.1) is 6.04 Å². The predicted molar refractivity (Wildman–Crippen MR) is 125 cm³/mol. The minimum Gasteiger partial charge on any atom is -0.444 e. The third-order valence-electron chi connectivity index (χ3n) is 6.09. The van der Waals surface area contributed by atoms with Crippen LogP contribution in [0.5, 0.6) is 0 Å². The maximum Gasteiger partial charge on any atom is 0.407 e. The molecule has 170 valence electrons. The average molecular weight is 427 g/mol. The number of benzene rings is 1. The highest BCUT2D eigenvalue weighted by Gasteiger charge is 2.37. The molecule has 1 atom stereocenters. The van der Waals surface area contributed by atoms with Crippen LogP contribution in [0.25, 0.3) is 5.57 Å². The van der Waals surface area contributed by atoms with Gasteiger partial charge in [0.1, 0.15) is 5.60 Å². The van der Waals surface area contributed by atoms with Gasteiger partial charge in [-0.15, -0.1) is 0 Å². The van der Waals surface area contributed by atoms with Crippen LogP contribution in [0.15, 0.2) is 23.8 Å². The lowest BCUT2D eigenvalue weighted by molar-refractivity contribution is -0.134. The summed E-state index contributed by atoms with van der Waals surface area (Å²) in [5, 5.41) is 2.77. The number of nitrogens with one attached hydrogen (secondary N) is 1. The molecule has 1 N–H and O–H groups in total. The van der Waals surface area contributed by atoms with Crippen molar-refractivity contribution in [2.45, 2.75) is 85.3 Å². The molecule has 0 radical (unpaired) electrons. The highest BCUT2D eigenvalue weighted by Crippen LogP contribution is 2.43. The second-order valence-electron chi connectivity index (χ2n) is 10.3. The van der Waals surface area contributed by atoms with Gasteiger partial charge in [-0.1, -0.05) is 37.6 Å². The number of unbranched alkanes of at least 4 members (excludes halogenated alkanes) is 1. The molecule has 5 heteroatoms. The Hall–Kier alpha value is -2.30. The molecule has 0 saturated carbocycles. The number of hydrogen-bond acceptors (Lipinski definition) is 3. The van der Waals surface area contributed by atoms with Crippen molar-refractivity contribution in [3.63, 3.8) is 0 Å². The standard InChI is InChI=1S/C26H38N2O3/c1-17(2)24-22-16-19-11-10-18(3)15-21(19)20(22)12-14-28(24)23(29)9-7-8-13-27-25(30)31-26(4,5)6/h10-11,15,17,24H,7-9,12-14,16H2,1-6H3,(H,27,30). The van der Waals surface area contributed by atoms with Crippen LogP contribution < -0.4 is 5.32 Å². The molecule has 0 saturated heterocycles. The van der Waals surface area contributed by atoms with E-state index in [1.54, 1.807) is 0 Å². The van der Waals surface area contributed by atoms with Gasteiger partial charge in [0, 0.05) is 19.5 Å². The number of amides is 2. The molecule has 31 heavy (non-hydrogen) atoms. The fourth-order valence-electron chi connectivity index (χ4n) is 4.84. The van der Waals surface area contributed by atoms with Crippen LogP contribution in [-0.2, 0) is 16.0 Å². The van der Waals surface area contributed by atoms with Crippen molar-refractivity contribution in [3.8, 4) is 0 Å². The molecule has 2 aliphatic rings. The lowest BCUT2D eigenvalue weighted by Crippen LogP contribution is -2.47. The van der Waals surface area contributed by atoms with Crippen molar-refractivity contribution in [2.24, 2.45) is 5.92 Å². The zero-order valence-electron chi connectivity index (χ0n) is 20.0. The van der Waals surface area contributed by atoms with Gasteiger partial charge in [-0.3, -0.25) is 4.79 Å². The molecular weight excluding hydrogens is 388 g/mol. The zero-order valence-corrected chi connectivity index (χ0v) is 20.0. The van der Waals surface area contributed by atoms with Crippen LogP contribution in [-0.4, -0.2) is 41.6 Å². The number of rotatable bonds is 6. The fourth-order valence-corrected chi connectivity index (χ4v) is 4.84. The molecule has 1 unspecified atom stereocenters. The van der Waals surface area contributed by atoms with E-state index in [1.807, 2.05) is 20.8 Å². The van der Waals surface area contributed by atoms with E-state index in [0.29, 0.717) is 18.9 Å². The van der Waals surface area contributed by atoms with Crippen molar-refractivity contribution in [1.29, 1.82) is 0 Å². The van der Waals surface area contributed by atoms with Gasteiger partial charge in [-0.05, 0) is 81.6 Å². The normalized spacial score (nSPS) is 18.2. The Morgan fingerprint density at radius 1 is 1.23 bits per heavy atom. The van der Waals surface area contributed by atoms with Gasteiger partial charge in [-0.2, -0.15) is 0 Å². The maximum atomic E-state index is 13.1. The molecule has 0 bridgehead atoms. The van der Waals surface area contributed by atoms with E-state index >= 15 is 0 Å². The number of carbonyl (C=O) groups excluding carboxylic acids is 2. The minimum absolute atomic E-state index is 0.184. The van der Waals surface area contributed by atoms with Crippen LogP contribution >= 0.6 is 0 Å². The number of alkyl carbamates (subject to hydrolysis) is 1. The maximum absolute atomic E-state index is 13.1. The molecule has 3 rings (SSSR count). The third-order valence-corrected chi connectivity index (χ3v) is 6.09. The molecular formula is C26H38N2O3. The Balaban J connectivity index is 1.55. The first-order chi connectivity index (χ1) is 14.6. The van der Waals surface area contributed by atoms with Gasteiger partial charge in [0.15, 0.2) is 0 Å². The quantitative estimate of drug-likeness (QED) is 0.632. The van der Waals surface area contributed by atoms with Gasteiger partial charge in [0.2, 0.25) is 5.91 Å². The molecule has 1 aromatic carbocycles. The summed E-state index contributed by atoms with van der Waals surface area (Å²) >= 11 is 0. The van der Waals surface area contributed by atoms with Gasteiger partial charge < -0.3 is 15.0 Å². The summed E-state index contributed by atoms with van der Waals surface area (Å²) in [6, 6.07) is 6.94. The number of carbonyl (C=O) groups is 2. The Bertz CT molecular complexity index is 864. The lowest BCUT2D eigenvalue weighted by atomic mass is 9.86. The van der Waals surface area contributed by atoms with E-state index in [4.69, 9.17) is 4.74 Å². The Kier molecular flexibility index (Phi) is 7.13. The van der Waals surface area contributed by atoms with Gasteiger partial charge in [0.25, 0.3) is 0 Å². The molecule has 0 fully saturated rings. The van der Waals surface area contributed by atoms with E-state index in [-0.39, 0.29) is 11.9 Å². The number of fused-ring (bicyclic) bond motifs is 2. The summed E-state index contributed by atoms with van der Waals surface area (Å²) in [6.45, 7) is 13.5. The second kappa shape index (κ2) is 9.46. The minimum atomic E-state index is -0.494. The first kappa shape index (κ1) is 23.4. The van der Waals surface area contributed by atoms with Crippen LogP contribution in [0.4, 0.5) is 4.79 Å². The summed E-state index contributed by atoms with van der Waals surface area (Å²) in [4.78, 5) is 26.9. The van der Waals surface area contributed by atoms with Gasteiger partial charge >= 0.3 is 6.09 Å². The highest BCUT2D eigenvalue weighted by atomic mass is 16.6. The van der Waals surface area contributed by atoms with E-state index in [9.17, 15) is 9.59 Å². The largest absolute Gasteiger partial charge is 0.444 e. The topological polar surface area (TPSA) is 58.6 Å². The number of aryl methyl sites for hydroxylation is 1. The Morgan fingerprint density at radius 3 is 2.65 bits per heavy atom. The van der Waals surface area contributed by atoms with E-state index in [2.05, 4.69) is 49.2 Å². The van der Waals surface area contributed by atoms with E-state index in [0.717, 1.165) is 32.2 Å². The molecule has 2 amide bonds. The molecule has 0 spiro atoms. The second-order valence-corrected chi connectivity index (χ2v) is 10.3. The van der Waals surface area contributed by atoms with E-state index < -0.39 is 11.7 Å². The van der Waals surface area contributed by atoms with Gasteiger partial charge in [-0.25, -0.2) is 4.79 Å². The van der Waals surface area contributed by atoms with Crippen LogP contribution in [0.1, 0.15) is 77.0 Å². The van der Waals surface area contributed by atoms with Crippen molar-refractivity contribution >= 4 is 17.6 Å². The predicted octanol–water partition coefficient (Wildman–Crippen LogP) is 5.26. The highest BCUT2D eigenvalue weighted by molar-refractivity contribution is 5.83. The number of nitrogens with zero attached hydrogens (tertiary/aromatic N) is 1. The SMILES string of the molecule is Cc1ccc2c(c1)C1=C(C2)C(C(C)C)N(C(=O)CCCCNC(=O)OC(C)(C)C)CC1. The zero-order chi connectivity index (χ0) is 22.8. The monoisotopic (exact) mass is 426 g/mol. The summed E-state index contributed by atoms with van der Waals surface area (Å²) in [5.41, 5.74) is 6.54. The summed E-state index contributed by atoms with van der Waals surface area (Å²) in [7, 11) is 0. The smallest absolute Gasteiger partial charge is 0.407 e. The van der Waals surface area contributed by atoms with Crippen LogP contribution in [0.3, 0.4) is 0 Å². The van der Waals surface area contributed by atoms with E-state index in [1.165, 1.54) is 27.8 Å². The van der Waals surface area contributed by atoms with Crippen molar-refractivity contribution in [1.82, 2.24) is 10.2 Å².